The van der Waals surface area contributed by atoms with Gasteiger partial charge in [0.05, 0.1) is 0 Å². The van der Waals surface area contributed by atoms with Crippen LogP contribution in [-0.4, -0.2) is 12.1 Å². The Hall–Kier alpha value is -0.790. The maximum Gasteiger partial charge on any atom is 0.333 e. The van der Waals surface area contributed by atoms with E-state index in [2.05, 4.69) is 20.4 Å². The third-order valence-electron chi connectivity index (χ3n) is 3.31. The first-order valence-electron chi connectivity index (χ1n) is 5.91. The van der Waals surface area contributed by atoms with Crippen LogP contribution in [0.3, 0.4) is 0 Å². The molecule has 0 aromatic heterocycles. The lowest BCUT2D eigenvalue weighted by Gasteiger charge is -2.33. The molecule has 0 saturated heterocycles. The standard InChI is InChI=1S/C13H22O2/c1-5-11-8-10(4)6-7-12(11)15-13(14)9(2)3/h10-12H,2,5-8H2,1,3-4H3. The minimum Gasteiger partial charge on any atom is -0.459 e. The molecule has 1 aliphatic carbocycles. The summed E-state index contributed by atoms with van der Waals surface area (Å²) in [5.41, 5.74) is 0.503. The second-order valence-electron chi connectivity index (χ2n) is 4.81. The molecular formula is C13H22O2. The Kier molecular flexibility index (Phi) is 4.37. The average Bonchev–Trinajstić information content (AvgIpc) is 2.20. The van der Waals surface area contributed by atoms with Crippen molar-refractivity contribution in [2.75, 3.05) is 0 Å². The van der Waals surface area contributed by atoms with E-state index in [0.29, 0.717) is 11.5 Å². The Labute approximate surface area is 92.7 Å². The van der Waals surface area contributed by atoms with Crippen molar-refractivity contribution in [3.05, 3.63) is 12.2 Å². The van der Waals surface area contributed by atoms with E-state index in [0.717, 1.165) is 18.8 Å². The Balaban J connectivity index is 2.52. The lowest BCUT2D eigenvalue weighted by molar-refractivity contribution is -0.149. The second kappa shape index (κ2) is 5.34. The highest BCUT2D eigenvalue weighted by Gasteiger charge is 2.30. The number of rotatable bonds is 3. The molecule has 0 heterocycles. The van der Waals surface area contributed by atoms with Gasteiger partial charge in [-0.1, -0.05) is 20.4 Å². The maximum atomic E-state index is 11.4. The highest BCUT2D eigenvalue weighted by molar-refractivity contribution is 5.87. The fourth-order valence-corrected chi connectivity index (χ4v) is 2.29. The van der Waals surface area contributed by atoms with Gasteiger partial charge in [0.15, 0.2) is 0 Å². The fraction of sp³-hybridized carbons (Fsp3) is 0.769. The van der Waals surface area contributed by atoms with E-state index in [1.807, 2.05) is 0 Å². The van der Waals surface area contributed by atoms with E-state index in [9.17, 15) is 4.79 Å². The molecule has 2 heteroatoms. The zero-order valence-corrected chi connectivity index (χ0v) is 10.1. The normalized spacial score (nSPS) is 31.0. The molecule has 2 nitrogen and oxygen atoms in total. The Bertz CT molecular complexity index is 245. The van der Waals surface area contributed by atoms with Crippen molar-refractivity contribution >= 4 is 5.97 Å². The number of hydrogen-bond acceptors (Lipinski definition) is 2. The summed E-state index contributed by atoms with van der Waals surface area (Å²) in [4.78, 5) is 11.4. The molecule has 0 aromatic carbocycles. The molecule has 0 aromatic rings. The quantitative estimate of drug-likeness (QED) is 0.527. The van der Waals surface area contributed by atoms with Crippen LogP contribution in [0.5, 0.6) is 0 Å². The second-order valence-corrected chi connectivity index (χ2v) is 4.81. The highest BCUT2D eigenvalue weighted by Crippen LogP contribution is 2.33. The van der Waals surface area contributed by atoms with Crippen LogP contribution in [0, 0.1) is 11.8 Å². The number of hydrogen-bond donors (Lipinski definition) is 0. The fourth-order valence-electron chi connectivity index (χ4n) is 2.29. The van der Waals surface area contributed by atoms with E-state index in [1.54, 1.807) is 6.92 Å². The summed E-state index contributed by atoms with van der Waals surface area (Å²) in [5.74, 6) is 1.08. The van der Waals surface area contributed by atoms with Crippen molar-refractivity contribution in [2.45, 2.75) is 52.6 Å². The molecule has 3 unspecified atom stereocenters. The van der Waals surface area contributed by atoms with Gasteiger partial charge in [0.2, 0.25) is 0 Å². The lowest BCUT2D eigenvalue weighted by atomic mass is 9.79. The lowest BCUT2D eigenvalue weighted by Crippen LogP contribution is -2.32. The SMILES string of the molecule is C=C(C)C(=O)OC1CCC(C)CC1CC. The number of esters is 1. The summed E-state index contributed by atoms with van der Waals surface area (Å²) >= 11 is 0. The van der Waals surface area contributed by atoms with Crippen LogP contribution in [-0.2, 0) is 9.53 Å². The molecule has 0 aliphatic heterocycles. The predicted octanol–water partition coefficient (Wildman–Crippen LogP) is 3.32. The van der Waals surface area contributed by atoms with Crippen LogP contribution in [0.4, 0.5) is 0 Å². The van der Waals surface area contributed by atoms with Gasteiger partial charge in [-0.15, -0.1) is 0 Å². The third-order valence-corrected chi connectivity index (χ3v) is 3.31. The minimum atomic E-state index is -0.229. The first-order valence-corrected chi connectivity index (χ1v) is 5.91. The molecule has 1 fully saturated rings. The third kappa shape index (κ3) is 3.37. The van der Waals surface area contributed by atoms with E-state index >= 15 is 0 Å². The summed E-state index contributed by atoms with van der Waals surface area (Å²) < 4.78 is 5.47. The van der Waals surface area contributed by atoms with E-state index in [1.165, 1.54) is 12.8 Å². The Morgan fingerprint density at radius 1 is 1.47 bits per heavy atom. The van der Waals surface area contributed by atoms with Crippen LogP contribution >= 0.6 is 0 Å². The van der Waals surface area contributed by atoms with Crippen molar-refractivity contribution in [3.8, 4) is 0 Å². The van der Waals surface area contributed by atoms with Crippen LogP contribution in [0.1, 0.15) is 46.5 Å². The summed E-state index contributed by atoms with van der Waals surface area (Å²) in [6.45, 7) is 9.76. The zero-order valence-electron chi connectivity index (χ0n) is 10.1. The molecule has 0 amide bonds. The molecule has 0 radical (unpaired) electrons. The number of carbonyl (C=O) groups is 1. The van der Waals surface area contributed by atoms with Crippen molar-refractivity contribution in [2.24, 2.45) is 11.8 Å². The van der Waals surface area contributed by atoms with Gasteiger partial charge in [-0.25, -0.2) is 4.79 Å². The van der Waals surface area contributed by atoms with Gasteiger partial charge in [-0.3, -0.25) is 0 Å². The molecular weight excluding hydrogens is 188 g/mol. The number of ether oxygens (including phenoxy) is 1. The van der Waals surface area contributed by atoms with Crippen LogP contribution in [0.2, 0.25) is 0 Å². The van der Waals surface area contributed by atoms with Crippen molar-refractivity contribution in [1.82, 2.24) is 0 Å². The van der Waals surface area contributed by atoms with Gasteiger partial charge in [0.1, 0.15) is 6.10 Å². The van der Waals surface area contributed by atoms with Crippen LogP contribution in [0.25, 0.3) is 0 Å². The molecule has 0 N–H and O–H groups in total. The van der Waals surface area contributed by atoms with Crippen molar-refractivity contribution in [1.29, 1.82) is 0 Å². The van der Waals surface area contributed by atoms with Gasteiger partial charge in [0, 0.05) is 5.57 Å². The van der Waals surface area contributed by atoms with E-state index in [4.69, 9.17) is 4.74 Å². The summed E-state index contributed by atoms with van der Waals surface area (Å²) in [5, 5.41) is 0. The highest BCUT2D eigenvalue weighted by atomic mass is 16.5. The first-order chi connectivity index (χ1) is 7.04. The van der Waals surface area contributed by atoms with Gasteiger partial charge in [0.25, 0.3) is 0 Å². The average molecular weight is 210 g/mol. The van der Waals surface area contributed by atoms with E-state index < -0.39 is 0 Å². The molecule has 3 atom stereocenters. The van der Waals surface area contributed by atoms with Crippen LogP contribution < -0.4 is 0 Å². The van der Waals surface area contributed by atoms with Gasteiger partial charge < -0.3 is 4.74 Å². The smallest absolute Gasteiger partial charge is 0.333 e. The minimum absolute atomic E-state index is 0.121. The van der Waals surface area contributed by atoms with Crippen LogP contribution in [0.15, 0.2) is 12.2 Å². The largest absolute Gasteiger partial charge is 0.459 e. The summed E-state index contributed by atoms with van der Waals surface area (Å²) in [6, 6.07) is 0. The maximum absolute atomic E-state index is 11.4. The van der Waals surface area contributed by atoms with E-state index in [-0.39, 0.29) is 12.1 Å². The van der Waals surface area contributed by atoms with Crippen molar-refractivity contribution < 1.29 is 9.53 Å². The van der Waals surface area contributed by atoms with Crippen molar-refractivity contribution in [3.63, 3.8) is 0 Å². The molecule has 1 saturated carbocycles. The molecule has 1 aliphatic rings. The molecule has 0 spiro atoms. The first kappa shape index (κ1) is 12.3. The molecule has 0 bridgehead atoms. The Morgan fingerprint density at radius 3 is 2.67 bits per heavy atom. The van der Waals surface area contributed by atoms with Gasteiger partial charge >= 0.3 is 5.97 Å². The van der Waals surface area contributed by atoms with Gasteiger partial charge in [-0.05, 0) is 44.4 Å². The molecule has 15 heavy (non-hydrogen) atoms. The zero-order chi connectivity index (χ0) is 11.4. The Morgan fingerprint density at radius 2 is 2.13 bits per heavy atom. The molecule has 1 rings (SSSR count). The van der Waals surface area contributed by atoms with Gasteiger partial charge in [-0.2, -0.15) is 0 Å². The summed E-state index contributed by atoms with van der Waals surface area (Å²) in [7, 11) is 0. The number of carbonyl (C=O) groups excluding carboxylic acids is 1. The molecule has 86 valence electrons. The monoisotopic (exact) mass is 210 g/mol. The summed E-state index contributed by atoms with van der Waals surface area (Å²) in [6.07, 6.45) is 4.59. The topological polar surface area (TPSA) is 26.3 Å². The predicted molar refractivity (Wildman–Crippen MR) is 61.5 cm³/mol.